The highest BCUT2D eigenvalue weighted by atomic mass is 19.1. The molecule has 0 spiro atoms. The Morgan fingerprint density at radius 3 is 2.11 bits per heavy atom. The van der Waals surface area contributed by atoms with E-state index in [0.717, 1.165) is 39.0 Å². The van der Waals surface area contributed by atoms with Gasteiger partial charge in [-0.1, -0.05) is 0 Å². The van der Waals surface area contributed by atoms with Gasteiger partial charge in [0, 0.05) is 17.8 Å². The summed E-state index contributed by atoms with van der Waals surface area (Å²) in [5.74, 6) is -0.102. The Hall–Kier alpha value is -1.99. The molecule has 2 atom stereocenters. The predicted octanol–water partition coefficient (Wildman–Crippen LogP) is -0.663. The SMILES string of the molecule is C[C@H]1CCC[C@H](C)N1C(=O)C[NH+]1CC[NH+](CC(=O)Nc2ccc(F)cc2)CC1. The van der Waals surface area contributed by atoms with Crippen LogP contribution in [0.5, 0.6) is 0 Å². The molecule has 7 heteroatoms. The predicted molar refractivity (Wildman–Crippen MR) is 106 cm³/mol. The van der Waals surface area contributed by atoms with Crippen LogP contribution < -0.4 is 15.1 Å². The maximum absolute atomic E-state index is 12.9. The highest BCUT2D eigenvalue weighted by molar-refractivity contribution is 5.91. The third kappa shape index (κ3) is 5.52. The van der Waals surface area contributed by atoms with E-state index < -0.39 is 0 Å². The van der Waals surface area contributed by atoms with Crippen molar-refractivity contribution in [3.05, 3.63) is 30.1 Å². The van der Waals surface area contributed by atoms with Gasteiger partial charge in [-0.3, -0.25) is 9.59 Å². The smallest absolute Gasteiger partial charge is 0.279 e. The van der Waals surface area contributed by atoms with Crippen molar-refractivity contribution in [3.63, 3.8) is 0 Å². The first-order chi connectivity index (χ1) is 13.4. The number of anilines is 1. The van der Waals surface area contributed by atoms with E-state index in [4.69, 9.17) is 0 Å². The number of likely N-dealkylation sites (tertiary alicyclic amines) is 1. The monoisotopic (exact) mass is 392 g/mol. The van der Waals surface area contributed by atoms with Gasteiger partial charge >= 0.3 is 0 Å². The number of piperazine rings is 1. The molecule has 0 aromatic heterocycles. The third-order valence-corrected chi connectivity index (χ3v) is 6.09. The van der Waals surface area contributed by atoms with Gasteiger partial charge in [-0.2, -0.15) is 0 Å². The summed E-state index contributed by atoms with van der Waals surface area (Å²) < 4.78 is 12.9. The number of hydrogen-bond acceptors (Lipinski definition) is 2. The lowest BCUT2D eigenvalue weighted by Gasteiger charge is -2.39. The molecular formula is C21H33FN4O2+2. The molecule has 2 amide bonds. The topological polar surface area (TPSA) is 58.3 Å². The van der Waals surface area contributed by atoms with Crippen LogP contribution in [0.2, 0.25) is 0 Å². The van der Waals surface area contributed by atoms with E-state index in [9.17, 15) is 14.0 Å². The Labute approximate surface area is 166 Å². The number of nitrogens with one attached hydrogen (secondary N) is 3. The van der Waals surface area contributed by atoms with Crippen LogP contribution in [-0.2, 0) is 9.59 Å². The summed E-state index contributed by atoms with van der Waals surface area (Å²) in [7, 11) is 0. The molecule has 2 aliphatic rings. The lowest BCUT2D eigenvalue weighted by atomic mass is 9.97. The fourth-order valence-corrected chi connectivity index (χ4v) is 4.49. The van der Waals surface area contributed by atoms with Crippen molar-refractivity contribution in [2.24, 2.45) is 0 Å². The number of amides is 2. The standard InChI is InChI=1S/C21H31FN4O2/c1-16-4-3-5-17(2)26(16)21(28)15-25-12-10-24(11-13-25)14-20(27)23-19-8-6-18(22)7-9-19/h6-9,16-17H,3-5,10-15H2,1-2H3,(H,23,27)/p+2/t16-,17-/m0/s1. The minimum atomic E-state index is -0.314. The lowest BCUT2D eigenvalue weighted by Crippen LogP contribution is -3.28. The van der Waals surface area contributed by atoms with Crippen molar-refractivity contribution >= 4 is 17.5 Å². The van der Waals surface area contributed by atoms with E-state index in [0.29, 0.717) is 30.9 Å². The highest BCUT2D eigenvalue weighted by Crippen LogP contribution is 2.22. The molecule has 2 aliphatic heterocycles. The van der Waals surface area contributed by atoms with Gasteiger partial charge in [0.2, 0.25) is 0 Å². The van der Waals surface area contributed by atoms with Crippen LogP contribution in [0.15, 0.2) is 24.3 Å². The van der Waals surface area contributed by atoms with Crippen LogP contribution in [0.3, 0.4) is 0 Å². The number of carbonyl (C=O) groups is 2. The molecule has 1 aromatic carbocycles. The Bertz CT molecular complexity index is 663. The number of rotatable bonds is 5. The molecule has 3 rings (SSSR count). The normalized spacial score (nSPS) is 28.0. The average Bonchev–Trinajstić information content (AvgIpc) is 2.65. The number of hydrogen-bond donors (Lipinski definition) is 3. The minimum absolute atomic E-state index is 0.0582. The molecule has 2 heterocycles. The minimum Gasteiger partial charge on any atom is -0.332 e. The zero-order chi connectivity index (χ0) is 20.1. The molecule has 1 aromatic rings. The Kier molecular flexibility index (Phi) is 7.02. The summed E-state index contributed by atoms with van der Waals surface area (Å²) in [6.07, 6.45) is 3.42. The largest absolute Gasteiger partial charge is 0.332 e. The molecule has 28 heavy (non-hydrogen) atoms. The molecule has 0 bridgehead atoms. The van der Waals surface area contributed by atoms with Crippen LogP contribution in [-0.4, -0.2) is 68.1 Å². The summed E-state index contributed by atoms with van der Waals surface area (Å²) in [4.78, 5) is 29.6. The van der Waals surface area contributed by atoms with Crippen LogP contribution in [0.25, 0.3) is 0 Å². The summed E-state index contributed by atoms with van der Waals surface area (Å²) in [6, 6.07) is 6.50. The van der Waals surface area contributed by atoms with E-state index in [2.05, 4.69) is 24.1 Å². The third-order valence-electron chi connectivity index (χ3n) is 6.09. The first-order valence-electron chi connectivity index (χ1n) is 10.5. The van der Waals surface area contributed by atoms with Gasteiger partial charge in [0.15, 0.2) is 13.1 Å². The van der Waals surface area contributed by atoms with Crippen LogP contribution >= 0.6 is 0 Å². The zero-order valence-corrected chi connectivity index (χ0v) is 17.0. The number of benzene rings is 1. The van der Waals surface area contributed by atoms with Crippen molar-refractivity contribution in [1.29, 1.82) is 0 Å². The van der Waals surface area contributed by atoms with Crippen molar-refractivity contribution in [1.82, 2.24) is 4.90 Å². The fourth-order valence-electron chi connectivity index (χ4n) is 4.49. The van der Waals surface area contributed by atoms with E-state index in [-0.39, 0.29) is 17.6 Å². The van der Waals surface area contributed by atoms with E-state index >= 15 is 0 Å². The van der Waals surface area contributed by atoms with Gasteiger partial charge in [0.1, 0.15) is 32.0 Å². The molecule has 0 saturated carbocycles. The van der Waals surface area contributed by atoms with Crippen molar-refractivity contribution in [2.75, 3.05) is 44.6 Å². The molecule has 0 radical (unpaired) electrons. The van der Waals surface area contributed by atoms with E-state index in [1.807, 2.05) is 0 Å². The van der Waals surface area contributed by atoms with Gasteiger partial charge < -0.3 is 20.0 Å². The molecule has 0 aliphatic carbocycles. The maximum Gasteiger partial charge on any atom is 0.279 e. The van der Waals surface area contributed by atoms with E-state index in [1.54, 1.807) is 12.1 Å². The van der Waals surface area contributed by atoms with Crippen LogP contribution in [0, 0.1) is 5.82 Å². The molecule has 6 nitrogen and oxygen atoms in total. The molecule has 2 saturated heterocycles. The van der Waals surface area contributed by atoms with Crippen molar-refractivity contribution in [2.45, 2.75) is 45.2 Å². The van der Waals surface area contributed by atoms with Gasteiger partial charge in [0.25, 0.3) is 11.8 Å². The summed E-state index contributed by atoms with van der Waals surface area (Å²) in [5, 5.41) is 2.82. The Balaban J connectivity index is 1.41. The maximum atomic E-state index is 12.9. The van der Waals surface area contributed by atoms with E-state index in [1.165, 1.54) is 28.4 Å². The number of piperidine rings is 1. The lowest BCUT2D eigenvalue weighted by molar-refractivity contribution is -1.00. The first kappa shape index (κ1) is 20.7. The fraction of sp³-hybridized carbons (Fsp3) is 0.619. The van der Waals surface area contributed by atoms with Gasteiger partial charge in [-0.15, -0.1) is 0 Å². The zero-order valence-electron chi connectivity index (χ0n) is 17.0. The summed E-state index contributed by atoms with van der Waals surface area (Å²) >= 11 is 0. The molecule has 2 fully saturated rings. The molecular weight excluding hydrogens is 359 g/mol. The Morgan fingerprint density at radius 2 is 1.54 bits per heavy atom. The first-order valence-corrected chi connectivity index (χ1v) is 10.5. The molecule has 154 valence electrons. The van der Waals surface area contributed by atoms with Gasteiger partial charge in [-0.25, -0.2) is 4.39 Å². The van der Waals surface area contributed by atoms with Crippen molar-refractivity contribution in [3.8, 4) is 0 Å². The summed E-state index contributed by atoms with van der Waals surface area (Å²) in [6.45, 7) is 8.84. The quantitative estimate of drug-likeness (QED) is 0.623. The van der Waals surface area contributed by atoms with Crippen LogP contribution in [0.4, 0.5) is 10.1 Å². The van der Waals surface area contributed by atoms with Crippen LogP contribution in [0.1, 0.15) is 33.1 Å². The summed E-state index contributed by atoms with van der Waals surface area (Å²) in [5.41, 5.74) is 0.616. The average molecular weight is 393 g/mol. The number of carbonyl (C=O) groups excluding carboxylic acids is 2. The second-order valence-corrected chi connectivity index (χ2v) is 8.34. The molecule has 3 N–H and O–H groups in total. The number of halogens is 1. The van der Waals surface area contributed by atoms with Crippen molar-refractivity contribution < 1.29 is 23.8 Å². The number of nitrogens with zero attached hydrogens (tertiary/aromatic N) is 1. The van der Waals surface area contributed by atoms with Gasteiger partial charge in [0.05, 0.1) is 0 Å². The second-order valence-electron chi connectivity index (χ2n) is 8.34. The Morgan fingerprint density at radius 1 is 1.00 bits per heavy atom. The number of quaternary nitrogens is 2. The van der Waals surface area contributed by atoms with Gasteiger partial charge in [-0.05, 0) is 57.4 Å². The molecule has 0 unspecified atom stereocenters. The highest BCUT2D eigenvalue weighted by Gasteiger charge is 2.33. The second kappa shape index (κ2) is 9.47.